The number of nitrogens with one attached hydrogen (secondary N) is 4. The SMILES string of the molecule is CCCCC(CC(NC(=O)OC)C(C)C)N1CCCC1c1ncc(-c2ccc(-c3ccc(-c4cnc(CN5CCC[C@@H](NC(=O)O)C5=O)[nH]4)cc3)cc2)[nH]1. The predicted octanol–water partition coefficient (Wildman–Crippen LogP) is 7.36. The van der Waals surface area contributed by atoms with E-state index < -0.39 is 12.1 Å². The van der Waals surface area contributed by atoms with Gasteiger partial charge in [-0.3, -0.25) is 9.69 Å². The van der Waals surface area contributed by atoms with E-state index >= 15 is 0 Å². The molecule has 3 unspecified atom stereocenters. The first-order valence-corrected chi connectivity index (χ1v) is 19.3. The van der Waals surface area contributed by atoms with E-state index in [9.17, 15) is 14.4 Å². The summed E-state index contributed by atoms with van der Waals surface area (Å²) < 4.78 is 4.94. The number of carbonyl (C=O) groups is 3. The summed E-state index contributed by atoms with van der Waals surface area (Å²) in [6.07, 6.45) is 9.76. The normalized spacial score (nSPS) is 18.8. The van der Waals surface area contributed by atoms with Crippen molar-refractivity contribution in [3.63, 3.8) is 0 Å². The Morgan fingerprint density at radius 1 is 0.926 bits per heavy atom. The minimum Gasteiger partial charge on any atom is -0.465 e. The van der Waals surface area contributed by atoms with Gasteiger partial charge < -0.3 is 35.3 Å². The highest BCUT2D eigenvalue weighted by Gasteiger charge is 2.35. The number of hydrogen-bond donors (Lipinski definition) is 5. The Kier molecular flexibility index (Phi) is 12.7. The van der Waals surface area contributed by atoms with Gasteiger partial charge in [-0.2, -0.15) is 0 Å². The highest BCUT2D eigenvalue weighted by Crippen LogP contribution is 2.36. The van der Waals surface area contributed by atoms with Crippen molar-refractivity contribution in [3.05, 3.63) is 72.6 Å². The fourth-order valence-electron chi connectivity index (χ4n) is 7.87. The van der Waals surface area contributed by atoms with E-state index in [0.29, 0.717) is 37.3 Å². The number of rotatable bonds is 15. The van der Waals surface area contributed by atoms with Gasteiger partial charge in [0.1, 0.15) is 17.7 Å². The maximum Gasteiger partial charge on any atom is 0.407 e. The van der Waals surface area contributed by atoms with E-state index in [0.717, 1.165) is 91.0 Å². The van der Waals surface area contributed by atoms with E-state index in [4.69, 9.17) is 14.8 Å². The third-order valence-corrected chi connectivity index (χ3v) is 10.9. The highest BCUT2D eigenvalue weighted by atomic mass is 16.5. The highest BCUT2D eigenvalue weighted by molar-refractivity contribution is 5.86. The quantitative estimate of drug-likeness (QED) is 0.0843. The van der Waals surface area contributed by atoms with Crippen LogP contribution in [0.5, 0.6) is 0 Å². The van der Waals surface area contributed by atoms with E-state index in [1.54, 1.807) is 11.1 Å². The average molecular weight is 739 g/mol. The van der Waals surface area contributed by atoms with Crippen LogP contribution < -0.4 is 10.6 Å². The Balaban J connectivity index is 1.09. The van der Waals surface area contributed by atoms with Crippen LogP contribution in [0.3, 0.4) is 0 Å². The fourth-order valence-corrected chi connectivity index (χ4v) is 7.87. The molecule has 2 aliphatic heterocycles. The zero-order valence-electron chi connectivity index (χ0n) is 31.8. The number of carboxylic acid groups (broad SMARTS) is 1. The molecular weight excluding hydrogens is 685 g/mol. The topological polar surface area (TPSA) is 169 Å². The number of nitrogens with zero attached hydrogens (tertiary/aromatic N) is 4. The monoisotopic (exact) mass is 738 g/mol. The van der Waals surface area contributed by atoms with Crippen molar-refractivity contribution in [1.29, 1.82) is 0 Å². The average Bonchev–Trinajstić information content (AvgIpc) is 3.96. The van der Waals surface area contributed by atoms with E-state index in [-0.39, 0.29) is 24.1 Å². The molecule has 0 aliphatic carbocycles. The van der Waals surface area contributed by atoms with Crippen molar-refractivity contribution in [2.75, 3.05) is 20.2 Å². The minimum absolute atomic E-state index is 0.0317. The van der Waals surface area contributed by atoms with Crippen LogP contribution in [0.2, 0.25) is 0 Å². The van der Waals surface area contributed by atoms with Crippen molar-refractivity contribution in [3.8, 4) is 33.6 Å². The second-order valence-electron chi connectivity index (χ2n) is 14.9. The van der Waals surface area contributed by atoms with Crippen LogP contribution >= 0.6 is 0 Å². The molecule has 0 radical (unpaired) electrons. The molecule has 3 amide bonds. The van der Waals surface area contributed by atoms with Crippen LogP contribution in [-0.2, 0) is 16.1 Å². The molecule has 0 bridgehead atoms. The molecule has 6 rings (SSSR count). The molecule has 2 fully saturated rings. The lowest BCUT2D eigenvalue weighted by Gasteiger charge is -2.36. The molecule has 2 aliphatic rings. The van der Waals surface area contributed by atoms with Gasteiger partial charge >= 0.3 is 12.2 Å². The molecule has 5 N–H and O–H groups in total. The maximum absolute atomic E-state index is 12.8. The molecule has 2 aromatic carbocycles. The number of likely N-dealkylation sites (tertiary alicyclic amines) is 2. The molecule has 288 valence electrons. The first-order chi connectivity index (χ1) is 26.1. The van der Waals surface area contributed by atoms with Gasteiger partial charge in [0.25, 0.3) is 0 Å². The van der Waals surface area contributed by atoms with Gasteiger partial charge in [0.15, 0.2) is 0 Å². The largest absolute Gasteiger partial charge is 0.465 e. The van der Waals surface area contributed by atoms with Gasteiger partial charge in [0.05, 0.1) is 43.5 Å². The number of aromatic amines is 2. The lowest BCUT2D eigenvalue weighted by Crippen LogP contribution is -2.51. The summed E-state index contributed by atoms with van der Waals surface area (Å²) in [5.74, 6) is 1.72. The number of amides is 3. The molecule has 4 aromatic rings. The summed E-state index contributed by atoms with van der Waals surface area (Å²) >= 11 is 0. The number of benzene rings is 2. The van der Waals surface area contributed by atoms with Gasteiger partial charge in [0, 0.05) is 18.6 Å². The number of alkyl carbamates (subject to hydrolysis) is 1. The molecule has 0 saturated carbocycles. The Labute approximate surface area is 317 Å². The molecule has 4 atom stereocenters. The molecule has 13 heteroatoms. The van der Waals surface area contributed by atoms with E-state index in [1.165, 1.54) is 7.11 Å². The lowest BCUT2D eigenvalue weighted by atomic mass is 9.92. The number of ether oxygens (including phenoxy) is 1. The number of carbonyl (C=O) groups excluding carboxylic acids is 2. The second kappa shape index (κ2) is 17.8. The number of unbranched alkanes of at least 4 members (excludes halogenated alkanes) is 1. The van der Waals surface area contributed by atoms with Crippen LogP contribution in [0, 0.1) is 5.92 Å². The van der Waals surface area contributed by atoms with Gasteiger partial charge in [-0.15, -0.1) is 0 Å². The van der Waals surface area contributed by atoms with E-state index in [2.05, 4.69) is 99.8 Å². The van der Waals surface area contributed by atoms with Crippen molar-refractivity contribution in [2.45, 2.75) is 103 Å². The number of imidazole rings is 2. The van der Waals surface area contributed by atoms with Gasteiger partial charge in [-0.1, -0.05) is 82.1 Å². The summed E-state index contributed by atoms with van der Waals surface area (Å²) in [6.45, 7) is 8.41. The van der Waals surface area contributed by atoms with Crippen LogP contribution in [0.15, 0.2) is 60.9 Å². The second-order valence-corrected chi connectivity index (χ2v) is 14.9. The van der Waals surface area contributed by atoms with Crippen LogP contribution in [0.1, 0.15) is 89.8 Å². The van der Waals surface area contributed by atoms with Crippen LogP contribution in [-0.4, -0.2) is 91.3 Å². The summed E-state index contributed by atoms with van der Waals surface area (Å²) in [5, 5.41) is 14.5. The number of methoxy groups -OCH3 is 1. The standard InChI is InChI=1S/C41H54N8O5/c1-5-6-9-31(22-33(26(2)3)47-41(53)54-4)49-21-8-11-36(49)38-43-24-35(45-38)30-18-14-28(15-19-30)27-12-16-29(17-13-27)34-23-42-37(44-34)25-48-20-7-10-32(39(48)50)46-40(51)52/h12-19,23-24,26,31-33,36,46H,5-11,20-22,25H2,1-4H3,(H,42,44)(H,43,45)(H,47,53)(H,51,52)/t31?,32-,33?,36?/m1/s1. The van der Waals surface area contributed by atoms with Crippen molar-refractivity contribution in [2.24, 2.45) is 5.92 Å². The van der Waals surface area contributed by atoms with Gasteiger partial charge in [-0.05, 0) is 73.2 Å². The number of piperidine rings is 1. The first-order valence-electron chi connectivity index (χ1n) is 19.3. The van der Waals surface area contributed by atoms with Crippen LogP contribution in [0.4, 0.5) is 9.59 Å². The Morgan fingerprint density at radius 2 is 1.56 bits per heavy atom. The molecule has 2 saturated heterocycles. The van der Waals surface area contributed by atoms with Crippen molar-refractivity contribution < 1.29 is 24.2 Å². The molecule has 0 spiro atoms. The predicted molar refractivity (Wildman–Crippen MR) is 207 cm³/mol. The maximum atomic E-state index is 12.8. The number of aromatic nitrogens is 4. The van der Waals surface area contributed by atoms with Crippen molar-refractivity contribution >= 4 is 18.1 Å². The Morgan fingerprint density at radius 3 is 2.19 bits per heavy atom. The minimum atomic E-state index is -1.19. The summed E-state index contributed by atoms with van der Waals surface area (Å²) in [4.78, 5) is 56.6. The fraction of sp³-hybridized carbons (Fsp3) is 0.488. The summed E-state index contributed by atoms with van der Waals surface area (Å²) in [7, 11) is 1.42. The van der Waals surface area contributed by atoms with Crippen molar-refractivity contribution in [1.82, 2.24) is 40.4 Å². The molecule has 2 aromatic heterocycles. The number of hydrogen-bond acceptors (Lipinski definition) is 7. The first kappa shape index (κ1) is 38.6. The lowest BCUT2D eigenvalue weighted by molar-refractivity contribution is -0.136. The third kappa shape index (κ3) is 9.30. The smallest absolute Gasteiger partial charge is 0.407 e. The molecule has 13 nitrogen and oxygen atoms in total. The Hall–Kier alpha value is -5.17. The zero-order valence-corrected chi connectivity index (χ0v) is 31.8. The number of H-pyrrole nitrogens is 2. The Bertz CT molecular complexity index is 1850. The third-order valence-electron chi connectivity index (χ3n) is 10.9. The van der Waals surface area contributed by atoms with Gasteiger partial charge in [0.2, 0.25) is 5.91 Å². The molecular formula is C41H54N8O5. The van der Waals surface area contributed by atoms with E-state index in [1.807, 2.05) is 6.20 Å². The zero-order chi connectivity index (χ0) is 38.2. The molecule has 54 heavy (non-hydrogen) atoms. The summed E-state index contributed by atoms with van der Waals surface area (Å²) in [5.41, 5.74) is 6.09. The molecule has 4 heterocycles. The van der Waals surface area contributed by atoms with Crippen LogP contribution in [0.25, 0.3) is 33.6 Å². The van der Waals surface area contributed by atoms with Gasteiger partial charge in [-0.25, -0.2) is 19.6 Å². The summed E-state index contributed by atoms with van der Waals surface area (Å²) in [6, 6.07) is 16.6.